The quantitative estimate of drug-likeness (QED) is 0.865. The first kappa shape index (κ1) is 14.1. The number of aryl methyl sites for hydroxylation is 2. The average Bonchev–Trinajstić information content (AvgIpc) is 2.41. The zero-order valence-electron chi connectivity index (χ0n) is 11.1. The van der Waals surface area contributed by atoms with E-state index in [0.29, 0.717) is 6.42 Å². The van der Waals surface area contributed by atoms with Gasteiger partial charge in [-0.25, -0.2) is 4.98 Å². The van der Waals surface area contributed by atoms with Crippen molar-refractivity contribution in [2.24, 2.45) is 5.73 Å². The van der Waals surface area contributed by atoms with Crippen LogP contribution in [0, 0.1) is 13.8 Å². The van der Waals surface area contributed by atoms with Crippen LogP contribution in [0.5, 0.6) is 0 Å². The van der Waals surface area contributed by atoms with E-state index in [9.17, 15) is 4.79 Å². The van der Waals surface area contributed by atoms with Gasteiger partial charge in [0.15, 0.2) is 0 Å². The molecule has 0 aliphatic carbocycles. The molecule has 5 heteroatoms. The highest BCUT2D eigenvalue weighted by atomic mass is 32.1. The molecular weight excluding hydrogens is 234 g/mol. The van der Waals surface area contributed by atoms with Crippen LogP contribution in [0.1, 0.15) is 48.8 Å². The largest absolute Gasteiger partial charge is 0.349 e. The highest BCUT2D eigenvalue weighted by Crippen LogP contribution is 2.24. The molecule has 1 heterocycles. The summed E-state index contributed by atoms with van der Waals surface area (Å²) in [6.45, 7) is 9.60. The SMILES string of the molecule is Cc1nc(C)c(C(C)NC(=O)CC(C)(C)N)s1. The van der Waals surface area contributed by atoms with Crippen molar-refractivity contribution in [1.29, 1.82) is 0 Å². The first-order chi connectivity index (χ1) is 7.69. The number of rotatable bonds is 4. The maximum Gasteiger partial charge on any atom is 0.222 e. The lowest BCUT2D eigenvalue weighted by Crippen LogP contribution is -2.39. The number of carbonyl (C=O) groups is 1. The van der Waals surface area contributed by atoms with Gasteiger partial charge in [-0.1, -0.05) is 0 Å². The third-order valence-corrected chi connectivity index (χ3v) is 3.58. The van der Waals surface area contributed by atoms with Crippen LogP contribution in [0.15, 0.2) is 0 Å². The number of nitrogens with one attached hydrogen (secondary N) is 1. The second kappa shape index (κ2) is 5.14. The van der Waals surface area contributed by atoms with E-state index in [1.165, 1.54) is 0 Å². The summed E-state index contributed by atoms with van der Waals surface area (Å²) in [5.74, 6) is -0.0181. The van der Waals surface area contributed by atoms with Gasteiger partial charge in [0, 0.05) is 16.8 Å². The zero-order chi connectivity index (χ0) is 13.2. The predicted octanol–water partition coefficient (Wildman–Crippen LogP) is 2.06. The summed E-state index contributed by atoms with van der Waals surface area (Å²) in [4.78, 5) is 17.2. The maximum absolute atomic E-state index is 11.8. The Bertz CT molecular complexity index is 406. The van der Waals surface area contributed by atoms with E-state index in [0.717, 1.165) is 15.6 Å². The van der Waals surface area contributed by atoms with E-state index in [1.807, 2.05) is 34.6 Å². The highest BCUT2D eigenvalue weighted by Gasteiger charge is 2.20. The van der Waals surface area contributed by atoms with Crippen LogP contribution < -0.4 is 11.1 Å². The molecule has 0 aromatic carbocycles. The zero-order valence-corrected chi connectivity index (χ0v) is 11.9. The predicted molar refractivity (Wildman–Crippen MR) is 71.0 cm³/mol. The molecule has 1 rings (SSSR count). The topological polar surface area (TPSA) is 68.0 Å². The molecule has 0 spiro atoms. The molecule has 3 N–H and O–H groups in total. The third-order valence-electron chi connectivity index (χ3n) is 2.33. The molecule has 0 saturated carbocycles. The molecule has 0 bridgehead atoms. The molecular formula is C12H21N3OS. The number of hydrogen-bond donors (Lipinski definition) is 2. The fraction of sp³-hybridized carbons (Fsp3) is 0.667. The lowest BCUT2D eigenvalue weighted by molar-refractivity contribution is -0.122. The van der Waals surface area contributed by atoms with E-state index >= 15 is 0 Å². The molecule has 0 aliphatic rings. The van der Waals surface area contributed by atoms with Crippen LogP contribution >= 0.6 is 11.3 Å². The summed E-state index contributed by atoms with van der Waals surface area (Å²) in [5.41, 5.74) is 6.34. The molecule has 1 unspecified atom stereocenters. The smallest absolute Gasteiger partial charge is 0.222 e. The molecule has 17 heavy (non-hydrogen) atoms. The summed E-state index contributed by atoms with van der Waals surface area (Å²) in [7, 11) is 0. The van der Waals surface area contributed by atoms with Gasteiger partial charge in [0.25, 0.3) is 0 Å². The fourth-order valence-corrected chi connectivity index (χ4v) is 2.65. The molecule has 96 valence electrons. The Hall–Kier alpha value is -0.940. The number of nitrogens with zero attached hydrogens (tertiary/aromatic N) is 1. The molecule has 0 aliphatic heterocycles. The monoisotopic (exact) mass is 255 g/mol. The Morgan fingerprint density at radius 2 is 2.12 bits per heavy atom. The molecule has 0 radical (unpaired) electrons. The van der Waals surface area contributed by atoms with Crippen molar-refractivity contribution in [3.63, 3.8) is 0 Å². The third kappa shape index (κ3) is 4.44. The van der Waals surface area contributed by atoms with Gasteiger partial charge in [-0.15, -0.1) is 11.3 Å². The molecule has 4 nitrogen and oxygen atoms in total. The van der Waals surface area contributed by atoms with Gasteiger partial charge in [-0.2, -0.15) is 0 Å². The lowest BCUT2D eigenvalue weighted by Gasteiger charge is -2.20. The van der Waals surface area contributed by atoms with Gasteiger partial charge in [-0.3, -0.25) is 4.79 Å². The summed E-state index contributed by atoms with van der Waals surface area (Å²) in [6.07, 6.45) is 0.328. The number of carbonyl (C=O) groups excluding carboxylic acids is 1. The van der Waals surface area contributed by atoms with Crippen molar-refractivity contribution in [1.82, 2.24) is 10.3 Å². The van der Waals surface area contributed by atoms with Gasteiger partial charge in [0.2, 0.25) is 5.91 Å². The Morgan fingerprint density at radius 3 is 2.53 bits per heavy atom. The van der Waals surface area contributed by atoms with E-state index < -0.39 is 5.54 Å². The number of aromatic nitrogens is 1. The molecule has 0 saturated heterocycles. The van der Waals surface area contributed by atoms with E-state index in [-0.39, 0.29) is 11.9 Å². The number of hydrogen-bond acceptors (Lipinski definition) is 4. The molecule has 1 aromatic heterocycles. The minimum Gasteiger partial charge on any atom is -0.349 e. The first-order valence-electron chi connectivity index (χ1n) is 5.71. The Labute approximate surface area is 107 Å². The van der Waals surface area contributed by atoms with Crippen molar-refractivity contribution in [3.05, 3.63) is 15.6 Å². The van der Waals surface area contributed by atoms with Crippen molar-refractivity contribution >= 4 is 17.2 Å². The van der Waals surface area contributed by atoms with Crippen molar-refractivity contribution < 1.29 is 4.79 Å². The van der Waals surface area contributed by atoms with Gasteiger partial charge >= 0.3 is 0 Å². The van der Waals surface area contributed by atoms with Crippen LogP contribution in [0.2, 0.25) is 0 Å². The van der Waals surface area contributed by atoms with Gasteiger partial charge < -0.3 is 11.1 Å². The number of amides is 1. The Balaban J connectivity index is 2.64. The van der Waals surface area contributed by atoms with E-state index in [2.05, 4.69) is 10.3 Å². The molecule has 0 fully saturated rings. The van der Waals surface area contributed by atoms with Crippen molar-refractivity contribution in [2.75, 3.05) is 0 Å². The van der Waals surface area contributed by atoms with Crippen LogP contribution in [-0.2, 0) is 4.79 Å². The first-order valence-corrected chi connectivity index (χ1v) is 6.53. The van der Waals surface area contributed by atoms with Crippen LogP contribution in [-0.4, -0.2) is 16.4 Å². The number of thiazole rings is 1. The van der Waals surface area contributed by atoms with Gasteiger partial charge in [0.1, 0.15) is 0 Å². The van der Waals surface area contributed by atoms with E-state index in [1.54, 1.807) is 11.3 Å². The minimum atomic E-state index is -0.470. The normalized spacial score (nSPS) is 13.5. The second-order valence-electron chi connectivity index (χ2n) is 5.14. The van der Waals surface area contributed by atoms with Gasteiger partial charge in [-0.05, 0) is 34.6 Å². The standard InChI is InChI=1S/C12H21N3OS/c1-7-11(17-9(3)14-7)8(2)15-10(16)6-12(4,5)13/h8H,6,13H2,1-5H3,(H,15,16). The summed E-state index contributed by atoms with van der Waals surface area (Å²) >= 11 is 1.63. The Morgan fingerprint density at radius 1 is 1.53 bits per heavy atom. The van der Waals surface area contributed by atoms with Gasteiger partial charge in [0.05, 0.1) is 16.7 Å². The Kier molecular flexibility index (Phi) is 4.27. The van der Waals surface area contributed by atoms with Crippen LogP contribution in [0.3, 0.4) is 0 Å². The molecule has 1 aromatic rings. The fourth-order valence-electron chi connectivity index (χ4n) is 1.72. The van der Waals surface area contributed by atoms with Crippen LogP contribution in [0.4, 0.5) is 0 Å². The highest BCUT2D eigenvalue weighted by molar-refractivity contribution is 7.11. The van der Waals surface area contributed by atoms with Crippen molar-refractivity contribution in [2.45, 2.75) is 52.6 Å². The number of nitrogens with two attached hydrogens (primary N) is 1. The van der Waals surface area contributed by atoms with Crippen LogP contribution in [0.25, 0.3) is 0 Å². The minimum absolute atomic E-state index is 0.00366. The van der Waals surface area contributed by atoms with E-state index in [4.69, 9.17) is 5.73 Å². The average molecular weight is 255 g/mol. The second-order valence-corrected chi connectivity index (χ2v) is 6.37. The maximum atomic E-state index is 11.8. The molecule has 1 amide bonds. The lowest BCUT2D eigenvalue weighted by atomic mass is 10.0. The summed E-state index contributed by atoms with van der Waals surface area (Å²) in [6, 6.07) is -0.00366. The molecule has 1 atom stereocenters. The van der Waals surface area contributed by atoms with Crippen molar-refractivity contribution in [3.8, 4) is 0 Å². The summed E-state index contributed by atoms with van der Waals surface area (Å²) in [5, 5.41) is 3.98. The summed E-state index contributed by atoms with van der Waals surface area (Å²) < 4.78 is 0.